The van der Waals surface area contributed by atoms with Crippen LogP contribution in [0.5, 0.6) is 0 Å². The van der Waals surface area contributed by atoms with E-state index in [0.717, 1.165) is 6.54 Å². The van der Waals surface area contributed by atoms with Crippen molar-refractivity contribution >= 4 is 5.84 Å². The van der Waals surface area contributed by atoms with E-state index in [1.165, 1.54) is 198 Å². The van der Waals surface area contributed by atoms with Crippen molar-refractivity contribution in [3.05, 3.63) is 24.3 Å². The second-order valence-corrected chi connectivity index (χ2v) is 13.0. The van der Waals surface area contributed by atoms with Gasteiger partial charge in [0.05, 0.1) is 12.4 Å². The molecule has 0 aromatic rings. The Hall–Kier alpha value is -1.05. The molecule has 0 bridgehead atoms. The molecule has 0 spiro atoms. The van der Waals surface area contributed by atoms with Crippen molar-refractivity contribution in [2.75, 3.05) is 6.54 Å². The third kappa shape index (κ3) is 27.5. The summed E-state index contributed by atoms with van der Waals surface area (Å²) >= 11 is 0. The van der Waals surface area contributed by atoms with Gasteiger partial charge in [-0.05, 0) is 64.2 Å². The van der Waals surface area contributed by atoms with Gasteiger partial charge in [0, 0.05) is 12.5 Å². The molecule has 0 amide bonds. The summed E-state index contributed by atoms with van der Waals surface area (Å²) in [5, 5.41) is 3.73. The van der Waals surface area contributed by atoms with Crippen LogP contribution < -0.4 is 5.32 Å². The molecule has 2 heteroatoms. The highest BCUT2D eigenvalue weighted by Crippen LogP contribution is 2.15. The van der Waals surface area contributed by atoms with E-state index in [1.54, 1.807) is 0 Å². The molecule has 0 saturated carbocycles. The zero-order valence-corrected chi connectivity index (χ0v) is 28.3. The molecular formula is C39H74N2. The van der Waals surface area contributed by atoms with Crippen LogP contribution in [0.25, 0.3) is 0 Å². The third-order valence-corrected chi connectivity index (χ3v) is 8.86. The highest BCUT2D eigenvalue weighted by molar-refractivity contribution is 5.83. The molecule has 0 aromatic carbocycles. The number of hydrogen-bond donors (Lipinski definition) is 1. The lowest BCUT2D eigenvalue weighted by Crippen LogP contribution is -2.29. The highest BCUT2D eigenvalue weighted by atomic mass is 15.1. The lowest BCUT2D eigenvalue weighted by atomic mass is 10.0. The molecule has 2 nitrogen and oxygen atoms in total. The minimum atomic E-state index is 0.621. The van der Waals surface area contributed by atoms with Crippen molar-refractivity contribution < 1.29 is 0 Å². The van der Waals surface area contributed by atoms with E-state index in [-0.39, 0.29) is 0 Å². The first-order valence-electron chi connectivity index (χ1n) is 19.0. The quantitative estimate of drug-likeness (QED) is 0.0631. The minimum Gasteiger partial charge on any atom is -0.369 e. The zero-order chi connectivity index (χ0) is 29.3. The first-order valence-corrected chi connectivity index (χ1v) is 19.0. The zero-order valence-electron chi connectivity index (χ0n) is 28.3. The van der Waals surface area contributed by atoms with Crippen LogP contribution in [0.3, 0.4) is 0 Å². The average Bonchev–Trinajstić information content (AvgIpc) is 3.44. The van der Waals surface area contributed by atoms with Gasteiger partial charge in [-0.1, -0.05) is 160 Å². The molecule has 1 N–H and O–H groups in total. The Morgan fingerprint density at radius 3 is 1.29 bits per heavy atom. The number of amidine groups is 1. The lowest BCUT2D eigenvalue weighted by Gasteiger charge is -2.11. The Kier molecular flexibility index (Phi) is 29.5. The summed E-state index contributed by atoms with van der Waals surface area (Å²) in [5.74, 6) is 1.30. The van der Waals surface area contributed by atoms with E-state index in [0.29, 0.717) is 6.04 Å². The molecule has 1 aliphatic heterocycles. The van der Waals surface area contributed by atoms with Crippen LogP contribution in [0, 0.1) is 0 Å². The van der Waals surface area contributed by atoms with Crippen molar-refractivity contribution in [1.29, 1.82) is 0 Å². The predicted molar refractivity (Wildman–Crippen MR) is 187 cm³/mol. The summed E-state index contributed by atoms with van der Waals surface area (Å²) in [7, 11) is 0. The van der Waals surface area contributed by atoms with Gasteiger partial charge < -0.3 is 5.32 Å². The Bertz CT molecular complexity index is 605. The minimum absolute atomic E-state index is 0.621. The number of hydrogen-bond acceptors (Lipinski definition) is 2. The molecule has 1 atom stereocenters. The number of aliphatic imine (C=N–C) groups is 1. The number of rotatable bonds is 32. The van der Waals surface area contributed by atoms with E-state index >= 15 is 0 Å². The largest absolute Gasteiger partial charge is 0.369 e. The average molecular weight is 571 g/mol. The van der Waals surface area contributed by atoms with Gasteiger partial charge in [0.1, 0.15) is 0 Å². The second kappa shape index (κ2) is 31.9. The van der Waals surface area contributed by atoms with Crippen LogP contribution >= 0.6 is 0 Å². The Morgan fingerprint density at radius 2 is 0.854 bits per heavy atom. The molecular weight excluding hydrogens is 496 g/mol. The van der Waals surface area contributed by atoms with Crippen LogP contribution in [0.2, 0.25) is 0 Å². The van der Waals surface area contributed by atoms with Crippen molar-refractivity contribution in [1.82, 2.24) is 5.32 Å². The normalized spacial score (nSPS) is 15.4. The Balaban J connectivity index is 1.77. The molecule has 0 saturated heterocycles. The summed E-state index contributed by atoms with van der Waals surface area (Å²) in [5.41, 5.74) is 0. The standard InChI is InChI=1S/C39H74N2/c1-3-5-7-9-11-13-15-17-19-21-23-25-27-29-31-33-35-38-37-40-39(41-38)36-34-32-30-28-26-24-22-20-18-16-14-12-10-8-6-4-2/h17-20,38H,3-16,21-37H2,1-2H3,(H,40,41). The topological polar surface area (TPSA) is 24.4 Å². The molecule has 1 unspecified atom stereocenters. The molecule has 0 aromatic heterocycles. The van der Waals surface area contributed by atoms with Gasteiger partial charge in [-0.3, -0.25) is 4.99 Å². The van der Waals surface area contributed by atoms with Gasteiger partial charge >= 0.3 is 0 Å². The summed E-state index contributed by atoms with van der Waals surface area (Å²) < 4.78 is 0. The maximum absolute atomic E-state index is 4.81. The Labute approximate surface area is 259 Å². The fraction of sp³-hybridized carbons (Fsp3) is 0.872. The first-order chi connectivity index (χ1) is 20.4. The number of allylic oxidation sites excluding steroid dienone is 4. The van der Waals surface area contributed by atoms with Crippen LogP contribution in [0.1, 0.15) is 206 Å². The van der Waals surface area contributed by atoms with Crippen LogP contribution in [0.15, 0.2) is 29.3 Å². The molecule has 0 aliphatic carbocycles. The predicted octanol–water partition coefficient (Wildman–Crippen LogP) is 13.2. The van der Waals surface area contributed by atoms with E-state index in [4.69, 9.17) is 4.99 Å². The second-order valence-electron chi connectivity index (χ2n) is 13.0. The molecule has 41 heavy (non-hydrogen) atoms. The van der Waals surface area contributed by atoms with E-state index in [1.807, 2.05) is 0 Å². The van der Waals surface area contributed by atoms with Crippen molar-refractivity contribution in [2.24, 2.45) is 4.99 Å². The van der Waals surface area contributed by atoms with Crippen molar-refractivity contribution in [3.63, 3.8) is 0 Å². The lowest BCUT2D eigenvalue weighted by molar-refractivity contribution is 0.524. The van der Waals surface area contributed by atoms with E-state index in [2.05, 4.69) is 43.5 Å². The molecule has 1 rings (SSSR count). The maximum Gasteiger partial charge on any atom is 0.0966 e. The maximum atomic E-state index is 4.81. The van der Waals surface area contributed by atoms with Gasteiger partial charge in [0.2, 0.25) is 0 Å². The van der Waals surface area contributed by atoms with Crippen LogP contribution in [0.4, 0.5) is 0 Å². The summed E-state index contributed by atoms with van der Waals surface area (Å²) in [6.45, 7) is 5.61. The summed E-state index contributed by atoms with van der Waals surface area (Å²) in [4.78, 5) is 4.81. The first kappa shape index (κ1) is 38.0. The number of nitrogens with zero attached hydrogens (tertiary/aromatic N) is 1. The smallest absolute Gasteiger partial charge is 0.0966 e. The van der Waals surface area contributed by atoms with Gasteiger partial charge in [-0.2, -0.15) is 0 Å². The van der Waals surface area contributed by atoms with Gasteiger partial charge in [0.15, 0.2) is 0 Å². The molecule has 0 radical (unpaired) electrons. The van der Waals surface area contributed by atoms with Crippen LogP contribution in [-0.2, 0) is 0 Å². The number of nitrogens with one attached hydrogen (secondary N) is 1. The highest BCUT2D eigenvalue weighted by Gasteiger charge is 2.16. The molecule has 1 heterocycles. The van der Waals surface area contributed by atoms with Gasteiger partial charge in [-0.15, -0.1) is 0 Å². The van der Waals surface area contributed by atoms with E-state index < -0.39 is 0 Å². The number of unbranched alkanes of at least 4 members (excludes halogenated alkanes) is 24. The molecule has 1 aliphatic rings. The SMILES string of the molecule is CCCCCCCCC=CCCCCCCCCC1=NCC(CCCCCCCCC=CCCCCCCCC)N1. The fourth-order valence-corrected chi connectivity index (χ4v) is 6.04. The Morgan fingerprint density at radius 1 is 0.488 bits per heavy atom. The summed E-state index contributed by atoms with van der Waals surface area (Å²) in [6.07, 6.45) is 50.9. The van der Waals surface area contributed by atoms with Crippen molar-refractivity contribution in [2.45, 2.75) is 213 Å². The molecule has 0 fully saturated rings. The third-order valence-electron chi connectivity index (χ3n) is 8.86. The fourth-order valence-electron chi connectivity index (χ4n) is 6.04. The van der Waals surface area contributed by atoms with Crippen molar-refractivity contribution in [3.8, 4) is 0 Å². The monoisotopic (exact) mass is 571 g/mol. The van der Waals surface area contributed by atoms with Gasteiger partial charge in [-0.25, -0.2) is 0 Å². The summed E-state index contributed by atoms with van der Waals surface area (Å²) in [6, 6.07) is 0.621. The molecule has 240 valence electrons. The van der Waals surface area contributed by atoms with Crippen LogP contribution in [-0.4, -0.2) is 18.4 Å². The van der Waals surface area contributed by atoms with Gasteiger partial charge in [0.25, 0.3) is 0 Å². The van der Waals surface area contributed by atoms with E-state index in [9.17, 15) is 0 Å².